The van der Waals surface area contributed by atoms with Gasteiger partial charge in [-0.25, -0.2) is 0 Å². The first-order valence-corrected chi connectivity index (χ1v) is 4.07. The Bertz CT molecular complexity index is 349. The Morgan fingerprint density at radius 1 is 1.58 bits per heavy atom. The van der Waals surface area contributed by atoms with E-state index in [-0.39, 0.29) is 0 Å². The van der Waals surface area contributed by atoms with E-state index >= 15 is 0 Å². The van der Waals surface area contributed by atoms with Gasteiger partial charge in [-0.1, -0.05) is 6.07 Å². The van der Waals surface area contributed by atoms with E-state index < -0.39 is 0 Å². The molecule has 1 aromatic carbocycles. The molecule has 0 spiro atoms. The van der Waals surface area contributed by atoms with Crippen molar-refractivity contribution in [3.05, 3.63) is 34.9 Å². The Balaban J connectivity index is 2.52. The highest BCUT2D eigenvalue weighted by Gasteiger charge is 2.17. The molecule has 1 atom stereocenters. The Morgan fingerprint density at radius 2 is 2.42 bits per heavy atom. The summed E-state index contributed by atoms with van der Waals surface area (Å²) >= 11 is 0. The predicted molar refractivity (Wildman–Crippen MR) is 46.4 cm³/mol. The molecule has 0 fully saturated rings. The highest BCUT2D eigenvalue weighted by Crippen LogP contribution is 2.25. The summed E-state index contributed by atoms with van der Waals surface area (Å²) in [6.45, 7) is 3.05. The summed E-state index contributed by atoms with van der Waals surface area (Å²) in [5.41, 5.74) is 3.35. The van der Waals surface area contributed by atoms with Crippen LogP contribution in [0.25, 0.3) is 0 Å². The number of hydrogen-bond acceptors (Lipinski definition) is 2. The van der Waals surface area contributed by atoms with Crippen molar-refractivity contribution in [3.63, 3.8) is 0 Å². The lowest BCUT2D eigenvalue weighted by Gasteiger charge is -2.03. The summed E-state index contributed by atoms with van der Waals surface area (Å²) in [4.78, 5) is 0. The molecule has 1 aliphatic heterocycles. The third-order valence-electron chi connectivity index (χ3n) is 2.34. The molecule has 60 valence electrons. The lowest BCUT2D eigenvalue weighted by Crippen LogP contribution is -2.06. The van der Waals surface area contributed by atoms with Crippen molar-refractivity contribution in [1.29, 1.82) is 5.26 Å². The first-order chi connectivity index (χ1) is 5.81. The second-order valence-corrected chi connectivity index (χ2v) is 3.13. The number of rotatable bonds is 0. The van der Waals surface area contributed by atoms with Gasteiger partial charge in [0.2, 0.25) is 0 Å². The first-order valence-electron chi connectivity index (χ1n) is 4.07. The quantitative estimate of drug-likeness (QED) is 0.624. The molecular formula is C10H10N2. The van der Waals surface area contributed by atoms with E-state index in [0.717, 1.165) is 12.1 Å². The minimum absolute atomic E-state index is 0.397. The largest absolute Gasteiger partial charge is 0.306 e. The van der Waals surface area contributed by atoms with Gasteiger partial charge in [0.15, 0.2) is 0 Å². The molecule has 2 rings (SSSR count). The van der Waals surface area contributed by atoms with Gasteiger partial charge < -0.3 is 5.32 Å². The molecule has 0 saturated heterocycles. The van der Waals surface area contributed by atoms with Crippen LogP contribution in [-0.4, -0.2) is 0 Å². The molecule has 1 aliphatic rings. The van der Waals surface area contributed by atoms with Crippen molar-refractivity contribution < 1.29 is 0 Å². The van der Waals surface area contributed by atoms with Crippen molar-refractivity contribution in [2.45, 2.75) is 19.5 Å². The monoisotopic (exact) mass is 158 g/mol. The van der Waals surface area contributed by atoms with E-state index in [4.69, 9.17) is 5.26 Å². The highest BCUT2D eigenvalue weighted by molar-refractivity contribution is 5.41. The van der Waals surface area contributed by atoms with E-state index in [1.165, 1.54) is 11.1 Å². The van der Waals surface area contributed by atoms with E-state index in [1.807, 2.05) is 18.2 Å². The number of nitrogens with zero attached hydrogens (tertiary/aromatic N) is 1. The van der Waals surface area contributed by atoms with E-state index in [0.29, 0.717) is 6.04 Å². The number of hydrogen-bond donors (Lipinski definition) is 1. The zero-order valence-electron chi connectivity index (χ0n) is 6.96. The van der Waals surface area contributed by atoms with Gasteiger partial charge in [-0.3, -0.25) is 0 Å². The van der Waals surface area contributed by atoms with E-state index in [9.17, 15) is 0 Å². The molecule has 2 heteroatoms. The van der Waals surface area contributed by atoms with Crippen LogP contribution < -0.4 is 5.32 Å². The topological polar surface area (TPSA) is 35.8 Å². The summed E-state index contributed by atoms with van der Waals surface area (Å²) in [7, 11) is 0. The SMILES string of the molecule is CC1NCc2ccc(C#N)cc21. The van der Waals surface area contributed by atoms with Gasteiger partial charge in [0.05, 0.1) is 11.6 Å². The summed E-state index contributed by atoms with van der Waals surface area (Å²) in [6.07, 6.45) is 0. The van der Waals surface area contributed by atoms with Crippen molar-refractivity contribution in [1.82, 2.24) is 5.32 Å². The van der Waals surface area contributed by atoms with Gasteiger partial charge in [-0.15, -0.1) is 0 Å². The second kappa shape index (κ2) is 2.62. The van der Waals surface area contributed by atoms with Crippen LogP contribution >= 0.6 is 0 Å². The Labute approximate surface area is 71.8 Å². The molecule has 0 amide bonds. The average molecular weight is 158 g/mol. The molecule has 1 heterocycles. The maximum Gasteiger partial charge on any atom is 0.0991 e. The zero-order chi connectivity index (χ0) is 8.55. The smallest absolute Gasteiger partial charge is 0.0991 e. The molecule has 0 aliphatic carbocycles. The second-order valence-electron chi connectivity index (χ2n) is 3.13. The van der Waals surface area contributed by atoms with Crippen LogP contribution in [0.5, 0.6) is 0 Å². The molecule has 1 unspecified atom stereocenters. The molecule has 0 bridgehead atoms. The average Bonchev–Trinajstić information content (AvgIpc) is 2.47. The Hall–Kier alpha value is -1.33. The first kappa shape index (κ1) is 7.33. The van der Waals surface area contributed by atoms with Crippen molar-refractivity contribution in [2.24, 2.45) is 0 Å². The lowest BCUT2D eigenvalue weighted by molar-refractivity contribution is 0.633. The fourth-order valence-electron chi connectivity index (χ4n) is 1.60. The summed E-state index contributed by atoms with van der Waals surface area (Å²) in [5.74, 6) is 0. The lowest BCUT2D eigenvalue weighted by atomic mass is 10.0. The minimum atomic E-state index is 0.397. The van der Waals surface area contributed by atoms with Crippen LogP contribution in [0.15, 0.2) is 18.2 Å². The maximum atomic E-state index is 8.68. The summed E-state index contributed by atoms with van der Waals surface area (Å²) in [5, 5.41) is 12.0. The zero-order valence-corrected chi connectivity index (χ0v) is 6.96. The summed E-state index contributed by atoms with van der Waals surface area (Å²) in [6, 6.07) is 8.42. The van der Waals surface area contributed by atoms with E-state index in [1.54, 1.807) is 0 Å². The number of benzene rings is 1. The standard InChI is InChI=1S/C10H10N2/c1-7-10-4-8(5-11)2-3-9(10)6-12-7/h2-4,7,12H,6H2,1H3. The summed E-state index contributed by atoms with van der Waals surface area (Å²) < 4.78 is 0. The van der Waals surface area contributed by atoms with Crippen LogP contribution in [0, 0.1) is 11.3 Å². The molecule has 2 nitrogen and oxygen atoms in total. The maximum absolute atomic E-state index is 8.68. The van der Waals surface area contributed by atoms with Gasteiger partial charge >= 0.3 is 0 Å². The number of fused-ring (bicyclic) bond motifs is 1. The number of nitriles is 1. The van der Waals surface area contributed by atoms with Crippen LogP contribution in [0.4, 0.5) is 0 Å². The third-order valence-corrected chi connectivity index (χ3v) is 2.34. The highest BCUT2D eigenvalue weighted by atomic mass is 14.9. The molecule has 12 heavy (non-hydrogen) atoms. The fraction of sp³-hybridized carbons (Fsp3) is 0.300. The Morgan fingerprint density at radius 3 is 3.17 bits per heavy atom. The molecular weight excluding hydrogens is 148 g/mol. The molecule has 0 aromatic heterocycles. The van der Waals surface area contributed by atoms with Gasteiger partial charge in [-0.2, -0.15) is 5.26 Å². The molecule has 0 saturated carbocycles. The predicted octanol–water partition coefficient (Wildman–Crippen LogP) is 1.72. The minimum Gasteiger partial charge on any atom is -0.306 e. The van der Waals surface area contributed by atoms with Crippen LogP contribution in [0.2, 0.25) is 0 Å². The molecule has 1 N–H and O–H groups in total. The van der Waals surface area contributed by atoms with Gasteiger partial charge in [0.25, 0.3) is 0 Å². The van der Waals surface area contributed by atoms with Crippen LogP contribution in [0.1, 0.15) is 29.7 Å². The van der Waals surface area contributed by atoms with Crippen molar-refractivity contribution in [3.8, 4) is 6.07 Å². The van der Waals surface area contributed by atoms with Gasteiger partial charge in [-0.05, 0) is 30.2 Å². The van der Waals surface area contributed by atoms with E-state index in [2.05, 4.69) is 18.3 Å². The van der Waals surface area contributed by atoms with Crippen LogP contribution in [-0.2, 0) is 6.54 Å². The molecule has 1 aromatic rings. The van der Waals surface area contributed by atoms with Gasteiger partial charge in [0, 0.05) is 12.6 Å². The Kier molecular flexibility index (Phi) is 1.60. The number of nitrogens with one attached hydrogen (secondary N) is 1. The normalized spacial score (nSPS) is 20.2. The van der Waals surface area contributed by atoms with Crippen LogP contribution in [0.3, 0.4) is 0 Å². The van der Waals surface area contributed by atoms with Gasteiger partial charge in [0.1, 0.15) is 0 Å². The fourth-order valence-corrected chi connectivity index (χ4v) is 1.60. The third kappa shape index (κ3) is 0.992. The van der Waals surface area contributed by atoms with Crippen molar-refractivity contribution in [2.75, 3.05) is 0 Å². The van der Waals surface area contributed by atoms with Crippen molar-refractivity contribution >= 4 is 0 Å². The molecule has 0 radical (unpaired) electrons.